The third-order valence-electron chi connectivity index (χ3n) is 7.07. The van der Waals surface area contributed by atoms with Crippen molar-refractivity contribution in [1.82, 2.24) is 14.8 Å². The van der Waals surface area contributed by atoms with E-state index in [9.17, 15) is 18.8 Å². The number of aromatic nitrogens is 1. The van der Waals surface area contributed by atoms with Crippen molar-refractivity contribution in [2.24, 2.45) is 5.92 Å². The Bertz CT molecular complexity index is 1500. The molecule has 2 atom stereocenters. The van der Waals surface area contributed by atoms with Crippen LogP contribution in [0.2, 0.25) is 0 Å². The number of piperidine rings is 1. The highest BCUT2D eigenvalue weighted by Crippen LogP contribution is 2.36. The average Bonchev–Trinajstić information content (AvgIpc) is 3.37. The zero-order valence-corrected chi connectivity index (χ0v) is 19.9. The number of likely N-dealkylation sites (tertiary alicyclic amines) is 1. The Kier molecular flexibility index (Phi) is 5.75. The highest BCUT2D eigenvalue weighted by atomic mass is 19.1. The Morgan fingerprint density at radius 1 is 0.973 bits per heavy atom. The summed E-state index contributed by atoms with van der Waals surface area (Å²) in [5.74, 6) is -0.502. The molecule has 1 N–H and O–H groups in total. The summed E-state index contributed by atoms with van der Waals surface area (Å²) >= 11 is 0. The van der Waals surface area contributed by atoms with Crippen LogP contribution in [0, 0.1) is 11.7 Å². The van der Waals surface area contributed by atoms with Crippen LogP contribution in [0.3, 0.4) is 0 Å². The van der Waals surface area contributed by atoms with Crippen molar-refractivity contribution < 1.29 is 23.5 Å². The number of amides is 2. The van der Waals surface area contributed by atoms with E-state index < -0.39 is 11.7 Å². The van der Waals surface area contributed by atoms with Crippen molar-refractivity contribution in [1.29, 1.82) is 0 Å². The Hall–Kier alpha value is -4.40. The van der Waals surface area contributed by atoms with Gasteiger partial charge in [-0.3, -0.25) is 14.4 Å². The molecule has 0 spiro atoms. The van der Waals surface area contributed by atoms with Crippen LogP contribution in [-0.2, 0) is 11.3 Å². The monoisotopic (exact) mass is 501 g/mol. The van der Waals surface area contributed by atoms with Crippen LogP contribution in [0.4, 0.5) is 4.39 Å². The van der Waals surface area contributed by atoms with Crippen LogP contribution in [0.1, 0.15) is 34.0 Å². The summed E-state index contributed by atoms with van der Waals surface area (Å²) < 4.78 is 26.9. The van der Waals surface area contributed by atoms with Crippen molar-refractivity contribution >= 4 is 17.9 Å². The summed E-state index contributed by atoms with van der Waals surface area (Å²) in [5, 5.41) is 2.65. The third kappa shape index (κ3) is 4.37. The molecule has 188 valence electrons. The van der Waals surface area contributed by atoms with E-state index in [0.717, 1.165) is 12.1 Å². The molecule has 2 aromatic carbocycles. The molecule has 1 fully saturated rings. The van der Waals surface area contributed by atoms with Crippen molar-refractivity contribution in [3.8, 4) is 11.5 Å². The number of nitrogens with zero attached hydrogens (tertiary/aromatic N) is 2. The Labute approximate surface area is 211 Å². The molecule has 0 unspecified atom stereocenters. The quantitative estimate of drug-likeness (QED) is 0.555. The maximum Gasteiger partial charge on any atom is 0.270 e. The molecular formula is C28H24FN3O5. The second kappa shape index (κ2) is 9.24. The van der Waals surface area contributed by atoms with E-state index in [-0.39, 0.29) is 41.4 Å². The van der Waals surface area contributed by atoms with Gasteiger partial charge >= 0.3 is 0 Å². The van der Waals surface area contributed by atoms with E-state index >= 15 is 0 Å². The number of fused-ring (bicyclic) bond motifs is 5. The summed E-state index contributed by atoms with van der Waals surface area (Å²) in [6, 6.07) is 16.1. The maximum atomic E-state index is 14.3. The minimum atomic E-state index is -0.715. The predicted molar refractivity (Wildman–Crippen MR) is 133 cm³/mol. The Morgan fingerprint density at radius 3 is 2.68 bits per heavy atom. The molecule has 3 aliphatic heterocycles. The smallest absolute Gasteiger partial charge is 0.270 e. The molecule has 3 aliphatic rings. The SMILES string of the molecule is O=C(N/C(=C\c1ccc2c(c1)OCO2)C(=O)N1C[C@H]2C[C@@H](C1)c1cccc(=O)n1C2)c1ccccc1F. The van der Waals surface area contributed by atoms with Gasteiger partial charge in [0.2, 0.25) is 6.79 Å². The maximum absolute atomic E-state index is 14.3. The zero-order chi connectivity index (χ0) is 25.5. The molecular weight excluding hydrogens is 477 g/mol. The number of hydrogen-bond donors (Lipinski definition) is 1. The van der Waals surface area contributed by atoms with Gasteiger partial charge in [-0.25, -0.2) is 4.39 Å². The largest absolute Gasteiger partial charge is 0.454 e. The van der Waals surface area contributed by atoms with Crippen LogP contribution in [-0.4, -0.2) is 41.2 Å². The van der Waals surface area contributed by atoms with Crippen molar-refractivity contribution in [3.05, 3.63) is 99.4 Å². The van der Waals surface area contributed by atoms with Gasteiger partial charge < -0.3 is 24.3 Å². The average molecular weight is 502 g/mol. The summed E-state index contributed by atoms with van der Waals surface area (Å²) in [5.41, 5.74) is 1.37. The summed E-state index contributed by atoms with van der Waals surface area (Å²) in [6.07, 6.45) is 2.45. The molecule has 2 amide bonds. The fraction of sp³-hybridized carbons (Fsp3) is 0.250. The molecule has 0 saturated carbocycles. The minimum Gasteiger partial charge on any atom is -0.454 e. The topological polar surface area (TPSA) is 89.9 Å². The molecule has 0 aliphatic carbocycles. The van der Waals surface area contributed by atoms with Gasteiger partial charge in [0.25, 0.3) is 17.4 Å². The molecule has 3 aromatic rings. The van der Waals surface area contributed by atoms with Gasteiger partial charge in [0, 0.05) is 37.3 Å². The number of nitrogens with one attached hydrogen (secondary N) is 1. The number of carbonyl (C=O) groups is 2. The molecule has 6 rings (SSSR count). The highest BCUT2D eigenvalue weighted by molar-refractivity contribution is 6.05. The molecule has 0 radical (unpaired) electrons. The lowest BCUT2D eigenvalue weighted by molar-refractivity contribution is -0.130. The fourth-order valence-corrected chi connectivity index (χ4v) is 5.39. The Morgan fingerprint density at radius 2 is 1.81 bits per heavy atom. The van der Waals surface area contributed by atoms with E-state index in [4.69, 9.17) is 9.47 Å². The van der Waals surface area contributed by atoms with E-state index in [0.29, 0.717) is 36.7 Å². The number of ether oxygens (including phenoxy) is 2. The van der Waals surface area contributed by atoms with Crippen LogP contribution >= 0.6 is 0 Å². The fourth-order valence-electron chi connectivity index (χ4n) is 5.39. The van der Waals surface area contributed by atoms with Crippen molar-refractivity contribution in [2.75, 3.05) is 19.9 Å². The molecule has 9 heteroatoms. The van der Waals surface area contributed by atoms with E-state index in [2.05, 4.69) is 5.32 Å². The van der Waals surface area contributed by atoms with E-state index in [1.807, 2.05) is 6.07 Å². The lowest BCUT2D eigenvalue weighted by Gasteiger charge is -2.43. The molecule has 37 heavy (non-hydrogen) atoms. The van der Waals surface area contributed by atoms with Gasteiger partial charge in [0.15, 0.2) is 11.5 Å². The number of pyridine rings is 1. The number of benzene rings is 2. The first-order valence-electron chi connectivity index (χ1n) is 12.1. The second-order valence-corrected chi connectivity index (χ2v) is 9.51. The lowest BCUT2D eigenvalue weighted by atomic mass is 9.83. The normalized spacial score (nSPS) is 19.8. The lowest BCUT2D eigenvalue weighted by Crippen LogP contribution is -2.50. The van der Waals surface area contributed by atoms with Crippen LogP contribution in [0.5, 0.6) is 11.5 Å². The summed E-state index contributed by atoms with van der Waals surface area (Å²) in [6.45, 7) is 1.51. The summed E-state index contributed by atoms with van der Waals surface area (Å²) in [4.78, 5) is 40.9. The van der Waals surface area contributed by atoms with Gasteiger partial charge in [-0.2, -0.15) is 0 Å². The summed E-state index contributed by atoms with van der Waals surface area (Å²) in [7, 11) is 0. The third-order valence-corrected chi connectivity index (χ3v) is 7.07. The number of halogens is 1. The van der Waals surface area contributed by atoms with Gasteiger partial charge in [-0.1, -0.05) is 24.3 Å². The van der Waals surface area contributed by atoms with Crippen LogP contribution < -0.4 is 20.3 Å². The zero-order valence-electron chi connectivity index (χ0n) is 19.9. The molecule has 8 nitrogen and oxygen atoms in total. The molecule has 1 saturated heterocycles. The van der Waals surface area contributed by atoms with Gasteiger partial charge in [0.1, 0.15) is 11.5 Å². The highest BCUT2D eigenvalue weighted by Gasteiger charge is 2.37. The standard InChI is InChI=1S/C28H24FN3O5/c29-21-5-2-1-4-20(21)27(34)30-22(11-17-8-9-24-25(12-17)37-16-36-24)28(35)31-13-18-10-19(15-31)23-6-3-7-26(33)32(23)14-18/h1-9,11-12,18-19H,10,13-16H2,(H,30,34)/b22-11-/t18-,19+/m1/s1. The molecule has 1 aromatic heterocycles. The first-order valence-corrected chi connectivity index (χ1v) is 12.1. The van der Waals surface area contributed by atoms with Crippen molar-refractivity contribution in [3.63, 3.8) is 0 Å². The number of carbonyl (C=O) groups excluding carboxylic acids is 2. The first kappa shape index (κ1) is 23.0. The minimum absolute atomic E-state index is 0.0133. The van der Waals surface area contributed by atoms with Gasteiger partial charge in [-0.15, -0.1) is 0 Å². The van der Waals surface area contributed by atoms with Gasteiger partial charge in [-0.05, 0) is 54.3 Å². The van der Waals surface area contributed by atoms with Crippen LogP contribution in [0.25, 0.3) is 6.08 Å². The second-order valence-electron chi connectivity index (χ2n) is 9.51. The Balaban J connectivity index is 1.32. The van der Waals surface area contributed by atoms with Gasteiger partial charge in [0.05, 0.1) is 5.56 Å². The molecule has 2 bridgehead atoms. The van der Waals surface area contributed by atoms with E-state index in [1.165, 1.54) is 18.2 Å². The van der Waals surface area contributed by atoms with Crippen molar-refractivity contribution in [2.45, 2.75) is 18.9 Å². The predicted octanol–water partition coefficient (Wildman–Crippen LogP) is 3.13. The number of hydrogen-bond acceptors (Lipinski definition) is 5. The van der Waals surface area contributed by atoms with E-state index in [1.54, 1.807) is 51.9 Å². The molecule has 4 heterocycles. The number of rotatable bonds is 4. The van der Waals surface area contributed by atoms with Crippen LogP contribution in [0.15, 0.2) is 71.2 Å². The first-order chi connectivity index (χ1) is 18.0.